The Balaban J connectivity index is 1.59. The van der Waals surface area contributed by atoms with Crippen molar-refractivity contribution in [3.05, 3.63) is 24.3 Å². The quantitative estimate of drug-likeness (QED) is 0.885. The van der Waals surface area contributed by atoms with Gasteiger partial charge in [-0.25, -0.2) is 0 Å². The van der Waals surface area contributed by atoms with E-state index in [1.807, 2.05) is 24.3 Å². The molecule has 108 valence electrons. The van der Waals surface area contributed by atoms with Crippen LogP contribution in [0.25, 0.3) is 0 Å². The topological polar surface area (TPSA) is 38.3 Å². The molecule has 3 nitrogen and oxygen atoms in total. The molecular weight excluding hydrogens is 250 g/mol. The number of ether oxygens (including phenoxy) is 1. The van der Waals surface area contributed by atoms with Gasteiger partial charge in [-0.3, -0.25) is 4.79 Å². The maximum absolute atomic E-state index is 12.2. The van der Waals surface area contributed by atoms with Crippen LogP contribution in [0, 0.1) is 17.8 Å². The second kappa shape index (κ2) is 5.47. The van der Waals surface area contributed by atoms with E-state index in [9.17, 15) is 4.79 Å². The Morgan fingerprint density at radius 1 is 1.35 bits per heavy atom. The zero-order valence-electron chi connectivity index (χ0n) is 12.3. The lowest BCUT2D eigenvalue weighted by molar-refractivity contribution is -0.120. The molecule has 0 aliphatic heterocycles. The van der Waals surface area contributed by atoms with Crippen LogP contribution < -0.4 is 10.1 Å². The first kappa shape index (κ1) is 13.5. The number of amides is 1. The summed E-state index contributed by atoms with van der Waals surface area (Å²) in [5, 5.41) is 3.04. The van der Waals surface area contributed by atoms with Crippen molar-refractivity contribution in [2.24, 2.45) is 17.8 Å². The van der Waals surface area contributed by atoms with Crippen LogP contribution in [-0.2, 0) is 4.79 Å². The van der Waals surface area contributed by atoms with Gasteiger partial charge in [0.1, 0.15) is 5.75 Å². The Hall–Kier alpha value is -1.51. The van der Waals surface area contributed by atoms with E-state index in [0.717, 1.165) is 42.5 Å². The summed E-state index contributed by atoms with van der Waals surface area (Å²) < 4.78 is 5.78. The summed E-state index contributed by atoms with van der Waals surface area (Å²) in [6, 6.07) is 7.71. The molecule has 1 aromatic carbocycles. The molecule has 0 spiro atoms. The Kier molecular flexibility index (Phi) is 3.68. The molecule has 2 fully saturated rings. The molecule has 0 aromatic heterocycles. The molecule has 1 aromatic rings. The molecule has 2 aliphatic carbocycles. The van der Waals surface area contributed by atoms with E-state index < -0.39 is 0 Å². The van der Waals surface area contributed by atoms with Crippen molar-refractivity contribution in [3.8, 4) is 5.75 Å². The highest BCUT2D eigenvalue weighted by atomic mass is 16.5. The summed E-state index contributed by atoms with van der Waals surface area (Å²) in [6.07, 6.45) is 4.69. The van der Waals surface area contributed by atoms with Crippen molar-refractivity contribution >= 4 is 11.6 Å². The highest BCUT2D eigenvalue weighted by Crippen LogP contribution is 2.54. The van der Waals surface area contributed by atoms with E-state index in [1.165, 1.54) is 6.42 Å². The first-order valence-electron chi connectivity index (χ1n) is 7.73. The maximum atomic E-state index is 12.2. The number of rotatable bonds is 5. The third-order valence-electron chi connectivity index (χ3n) is 4.63. The molecule has 2 saturated carbocycles. The number of nitrogens with one attached hydrogen (secondary N) is 1. The molecule has 0 heterocycles. The molecule has 3 rings (SSSR count). The first-order chi connectivity index (χ1) is 9.65. The van der Waals surface area contributed by atoms with Crippen LogP contribution >= 0.6 is 0 Å². The monoisotopic (exact) mass is 273 g/mol. The minimum absolute atomic E-state index is 0.179. The highest BCUT2D eigenvalue weighted by Gasteiger charge is 2.47. The maximum Gasteiger partial charge on any atom is 0.227 e. The van der Waals surface area contributed by atoms with E-state index in [4.69, 9.17) is 4.74 Å². The Labute approximate surface area is 120 Å². The summed E-state index contributed by atoms with van der Waals surface area (Å²) in [5.41, 5.74) is 0.844. The third-order valence-corrected chi connectivity index (χ3v) is 4.63. The van der Waals surface area contributed by atoms with Crippen molar-refractivity contribution in [2.45, 2.75) is 45.6 Å². The van der Waals surface area contributed by atoms with E-state index in [-0.39, 0.29) is 17.9 Å². The molecule has 1 N–H and O–H groups in total. The van der Waals surface area contributed by atoms with Gasteiger partial charge in [0, 0.05) is 17.7 Å². The van der Waals surface area contributed by atoms with Crippen LogP contribution in [0.5, 0.6) is 5.75 Å². The minimum Gasteiger partial charge on any atom is -0.491 e. The minimum atomic E-state index is 0.179. The fourth-order valence-corrected chi connectivity index (χ4v) is 3.14. The van der Waals surface area contributed by atoms with E-state index >= 15 is 0 Å². The summed E-state index contributed by atoms with van der Waals surface area (Å²) in [4.78, 5) is 12.2. The third kappa shape index (κ3) is 2.97. The van der Waals surface area contributed by atoms with Gasteiger partial charge in [0.15, 0.2) is 0 Å². The molecule has 0 radical (unpaired) electrons. The van der Waals surface area contributed by atoms with Gasteiger partial charge in [-0.2, -0.15) is 0 Å². The van der Waals surface area contributed by atoms with Crippen molar-refractivity contribution < 1.29 is 9.53 Å². The van der Waals surface area contributed by atoms with E-state index in [1.54, 1.807) is 0 Å². The van der Waals surface area contributed by atoms with Crippen molar-refractivity contribution in [3.63, 3.8) is 0 Å². The van der Waals surface area contributed by atoms with Crippen LogP contribution in [-0.4, -0.2) is 12.0 Å². The van der Waals surface area contributed by atoms with Crippen LogP contribution in [0.2, 0.25) is 0 Å². The molecule has 0 saturated heterocycles. The smallest absolute Gasteiger partial charge is 0.227 e. The largest absolute Gasteiger partial charge is 0.491 e. The fourth-order valence-electron chi connectivity index (χ4n) is 3.14. The van der Waals surface area contributed by atoms with Crippen LogP contribution in [0.15, 0.2) is 24.3 Å². The highest BCUT2D eigenvalue weighted by molar-refractivity contribution is 5.93. The molecule has 3 atom stereocenters. The van der Waals surface area contributed by atoms with Crippen molar-refractivity contribution in [1.82, 2.24) is 0 Å². The Bertz CT molecular complexity index is 490. The number of carbonyl (C=O) groups excluding carboxylic acids is 1. The predicted molar refractivity (Wildman–Crippen MR) is 79.8 cm³/mol. The second-order valence-corrected chi connectivity index (χ2v) is 6.28. The number of benzene rings is 1. The molecule has 0 bridgehead atoms. The lowest BCUT2D eigenvalue weighted by atomic mass is 10.0. The fraction of sp³-hybridized carbons (Fsp3) is 0.588. The zero-order valence-corrected chi connectivity index (χ0v) is 12.3. The van der Waals surface area contributed by atoms with Gasteiger partial charge in [-0.1, -0.05) is 13.0 Å². The number of carbonyl (C=O) groups is 1. The lowest BCUT2D eigenvalue weighted by Crippen LogP contribution is -2.21. The summed E-state index contributed by atoms with van der Waals surface area (Å²) in [5.74, 6) is 2.90. The van der Waals surface area contributed by atoms with Gasteiger partial charge < -0.3 is 10.1 Å². The molecule has 20 heavy (non-hydrogen) atoms. The average molecular weight is 273 g/mol. The molecule has 2 aliphatic rings. The summed E-state index contributed by atoms with van der Waals surface area (Å²) in [6.45, 7) is 4.15. The number of fused-ring (bicyclic) bond motifs is 1. The van der Waals surface area contributed by atoms with E-state index in [2.05, 4.69) is 19.2 Å². The van der Waals surface area contributed by atoms with Crippen molar-refractivity contribution in [2.75, 3.05) is 5.32 Å². The van der Waals surface area contributed by atoms with Gasteiger partial charge in [0.25, 0.3) is 0 Å². The second-order valence-electron chi connectivity index (χ2n) is 6.28. The SMILES string of the molecule is CCC(C)Oc1cccc(NC(=O)C2CC3CC3C2)c1. The van der Waals surface area contributed by atoms with Gasteiger partial charge in [-0.15, -0.1) is 0 Å². The number of anilines is 1. The van der Waals surface area contributed by atoms with Crippen LogP contribution in [0.3, 0.4) is 0 Å². The average Bonchev–Trinajstić information content (AvgIpc) is 3.05. The van der Waals surface area contributed by atoms with Gasteiger partial charge >= 0.3 is 0 Å². The molecule has 3 heteroatoms. The molecule has 3 unspecified atom stereocenters. The predicted octanol–water partition coefficient (Wildman–Crippen LogP) is 3.85. The van der Waals surface area contributed by atoms with Gasteiger partial charge in [0.2, 0.25) is 5.91 Å². The Morgan fingerprint density at radius 2 is 2.10 bits per heavy atom. The molecular formula is C17H23NO2. The zero-order chi connectivity index (χ0) is 14.1. The standard InChI is InChI=1S/C17H23NO2/c1-3-11(2)20-16-6-4-5-15(10-16)18-17(19)14-8-12-7-13(12)9-14/h4-6,10-14H,3,7-9H2,1-2H3,(H,18,19). The van der Waals surface area contributed by atoms with Crippen LogP contribution in [0.4, 0.5) is 5.69 Å². The number of hydrogen-bond acceptors (Lipinski definition) is 2. The molecule has 1 amide bonds. The summed E-state index contributed by atoms with van der Waals surface area (Å²) in [7, 11) is 0. The van der Waals surface area contributed by atoms with Gasteiger partial charge in [0.05, 0.1) is 6.10 Å². The van der Waals surface area contributed by atoms with Crippen LogP contribution in [0.1, 0.15) is 39.5 Å². The first-order valence-corrected chi connectivity index (χ1v) is 7.73. The Morgan fingerprint density at radius 3 is 2.80 bits per heavy atom. The van der Waals surface area contributed by atoms with Crippen molar-refractivity contribution in [1.29, 1.82) is 0 Å². The summed E-state index contributed by atoms with van der Waals surface area (Å²) >= 11 is 0. The van der Waals surface area contributed by atoms with Gasteiger partial charge in [-0.05, 0) is 56.6 Å². The number of hydrogen-bond donors (Lipinski definition) is 1. The van der Waals surface area contributed by atoms with E-state index in [0.29, 0.717) is 0 Å². The lowest BCUT2D eigenvalue weighted by Gasteiger charge is -2.15. The normalized spacial score (nSPS) is 28.6.